The first kappa shape index (κ1) is 12.7. The predicted molar refractivity (Wildman–Crippen MR) is 82.9 cm³/mol. The van der Waals surface area contributed by atoms with Gasteiger partial charge in [0.05, 0.1) is 0 Å². The highest BCUT2D eigenvalue weighted by Gasteiger charge is 2.23. The maximum atomic E-state index is 3.63. The van der Waals surface area contributed by atoms with Crippen LogP contribution in [-0.4, -0.2) is 24.5 Å². The molecule has 0 fully saturated rings. The number of hydrogen-bond acceptors (Lipinski definition) is 3. The number of nitrogens with zero attached hydrogens (tertiary/aromatic N) is 1. The molecule has 2 atom stereocenters. The van der Waals surface area contributed by atoms with E-state index in [1.54, 1.807) is 0 Å². The Morgan fingerprint density at radius 3 is 2.89 bits per heavy atom. The van der Waals surface area contributed by atoms with Crippen LogP contribution < -0.4 is 5.32 Å². The third kappa shape index (κ3) is 2.67. The molecule has 2 heterocycles. The summed E-state index contributed by atoms with van der Waals surface area (Å²) in [7, 11) is 2.22. The quantitative estimate of drug-likeness (QED) is 0.911. The van der Waals surface area contributed by atoms with Crippen LogP contribution >= 0.6 is 11.3 Å². The molecular weight excluding hydrogens is 252 g/mol. The molecule has 1 aliphatic rings. The van der Waals surface area contributed by atoms with Crippen molar-refractivity contribution in [1.82, 2.24) is 4.90 Å². The summed E-state index contributed by atoms with van der Waals surface area (Å²) in [5, 5.41) is 5.78. The fraction of sp³-hybridized carbons (Fsp3) is 0.375. The number of likely N-dealkylation sites (N-methyl/N-ethyl adjacent to an activating group) is 1. The molecule has 0 amide bonds. The monoisotopic (exact) mass is 272 g/mol. The SMILES string of the molecule is CC(c1cccs1)N(C)CC1Cc2ccccc2N1. The van der Waals surface area contributed by atoms with Gasteiger partial charge in [0, 0.05) is 29.2 Å². The largest absolute Gasteiger partial charge is 0.380 e. The summed E-state index contributed by atoms with van der Waals surface area (Å²) >= 11 is 1.84. The van der Waals surface area contributed by atoms with Gasteiger partial charge >= 0.3 is 0 Å². The molecule has 2 unspecified atom stereocenters. The zero-order valence-corrected chi connectivity index (χ0v) is 12.3. The fourth-order valence-corrected chi connectivity index (χ4v) is 3.59. The van der Waals surface area contributed by atoms with Gasteiger partial charge in [0.15, 0.2) is 0 Å². The van der Waals surface area contributed by atoms with Gasteiger partial charge in [-0.2, -0.15) is 0 Å². The maximum Gasteiger partial charge on any atom is 0.0429 e. The number of para-hydroxylation sites is 1. The van der Waals surface area contributed by atoms with Crippen molar-refractivity contribution in [3.63, 3.8) is 0 Å². The Hall–Kier alpha value is -1.32. The average molecular weight is 272 g/mol. The molecule has 1 aromatic heterocycles. The smallest absolute Gasteiger partial charge is 0.0429 e. The minimum atomic E-state index is 0.491. The van der Waals surface area contributed by atoms with Crippen molar-refractivity contribution in [2.24, 2.45) is 0 Å². The summed E-state index contributed by atoms with van der Waals surface area (Å²) in [4.78, 5) is 3.88. The van der Waals surface area contributed by atoms with Crippen LogP contribution in [0.3, 0.4) is 0 Å². The molecule has 0 bridgehead atoms. The molecule has 100 valence electrons. The topological polar surface area (TPSA) is 15.3 Å². The molecule has 1 N–H and O–H groups in total. The Balaban J connectivity index is 1.61. The molecule has 0 radical (unpaired) electrons. The highest BCUT2D eigenvalue weighted by Crippen LogP contribution is 2.28. The van der Waals surface area contributed by atoms with Gasteiger partial charge in [-0.25, -0.2) is 0 Å². The second kappa shape index (κ2) is 5.35. The maximum absolute atomic E-state index is 3.63. The highest BCUT2D eigenvalue weighted by molar-refractivity contribution is 7.10. The molecule has 1 aliphatic heterocycles. The average Bonchev–Trinajstić information content (AvgIpc) is 3.06. The zero-order valence-electron chi connectivity index (χ0n) is 11.5. The van der Waals surface area contributed by atoms with Crippen LogP contribution in [-0.2, 0) is 6.42 Å². The van der Waals surface area contributed by atoms with E-state index in [-0.39, 0.29) is 0 Å². The van der Waals surface area contributed by atoms with E-state index < -0.39 is 0 Å². The van der Waals surface area contributed by atoms with Crippen molar-refractivity contribution in [1.29, 1.82) is 0 Å². The molecular formula is C16H20N2S. The highest BCUT2D eigenvalue weighted by atomic mass is 32.1. The van der Waals surface area contributed by atoms with E-state index in [0.29, 0.717) is 12.1 Å². The van der Waals surface area contributed by atoms with Crippen LogP contribution in [0.25, 0.3) is 0 Å². The molecule has 0 saturated carbocycles. The van der Waals surface area contributed by atoms with E-state index in [4.69, 9.17) is 0 Å². The van der Waals surface area contributed by atoms with Crippen LogP contribution in [0.5, 0.6) is 0 Å². The van der Waals surface area contributed by atoms with Crippen molar-refractivity contribution < 1.29 is 0 Å². The molecule has 19 heavy (non-hydrogen) atoms. The summed E-state index contributed by atoms with van der Waals surface area (Å²) < 4.78 is 0. The van der Waals surface area contributed by atoms with E-state index in [1.165, 1.54) is 16.1 Å². The summed E-state index contributed by atoms with van der Waals surface area (Å²) in [6.07, 6.45) is 1.14. The third-order valence-corrected chi connectivity index (χ3v) is 5.01. The van der Waals surface area contributed by atoms with Gasteiger partial charge in [-0.15, -0.1) is 11.3 Å². The Labute approximate surface area is 119 Å². The number of thiophene rings is 1. The van der Waals surface area contributed by atoms with Gasteiger partial charge < -0.3 is 5.32 Å². The number of anilines is 1. The predicted octanol–water partition coefficient (Wildman–Crippen LogP) is 3.78. The molecule has 2 nitrogen and oxygen atoms in total. The van der Waals surface area contributed by atoms with Gasteiger partial charge in [0.1, 0.15) is 0 Å². The van der Waals surface area contributed by atoms with Crippen molar-refractivity contribution >= 4 is 17.0 Å². The van der Waals surface area contributed by atoms with Crippen LogP contribution in [0.2, 0.25) is 0 Å². The van der Waals surface area contributed by atoms with Crippen molar-refractivity contribution in [3.8, 4) is 0 Å². The molecule has 2 aromatic rings. The van der Waals surface area contributed by atoms with E-state index in [1.807, 2.05) is 11.3 Å². The van der Waals surface area contributed by atoms with E-state index in [2.05, 4.69) is 66.0 Å². The van der Waals surface area contributed by atoms with Gasteiger partial charge in [0.2, 0.25) is 0 Å². The first-order valence-corrected chi connectivity index (χ1v) is 7.70. The lowest BCUT2D eigenvalue weighted by Gasteiger charge is -2.27. The standard InChI is InChI=1S/C16H20N2S/c1-12(16-8-5-9-19-16)18(2)11-14-10-13-6-3-4-7-15(13)17-14/h3-9,12,14,17H,10-11H2,1-2H3. The van der Waals surface area contributed by atoms with Gasteiger partial charge in [0.25, 0.3) is 0 Å². The van der Waals surface area contributed by atoms with E-state index in [9.17, 15) is 0 Å². The summed E-state index contributed by atoms with van der Waals surface area (Å²) in [6, 6.07) is 14.0. The minimum absolute atomic E-state index is 0.491. The van der Waals surface area contributed by atoms with Crippen molar-refractivity contribution in [3.05, 3.63) is 52.2 Å². The van der Waals surface area contributed by atoms with Crippen molar-refractivity contribution in [2.75, 3.05) is 18.9 Å². The van der Waals surface area contributed by atoms with Crippen LogP contribution in [0.15, 0.2) is 41.8 Å². The lowest BCUT2D eigenvalue weighted by Crippen LogP contribution is -2.34. The summed E-state index contributed by atoms with van der Waals surface area (Å²) in [5.74, 6) is 0. The molecule has 0 spiro atoms. The molecule has 3 heteroatoms. The summed E-state index contributed by atoms with van der Waals surface area (Å²) in [5.41, 5.74) is 2.76. The van der Waals surface area contributed by atoms with Gasteiger partial charge in [-0.05, 0) is 43.5 Å². The first-order valence-electron chi connectivity index (χ1n) is 6.82. The number of fused-ring (bicyclic) bond motifs is 1. The number of hydrogen-bond donors (Lipinski definition) is 1. The minimum Gasteiger partial charge on any atom is -0.380 e. The van der Waals surface area contributed by atoms with Crippen LogP contribution in [0.4, 0.5) is 5.69 Å². The van der Waals surface area contributed by atoms with Gasteiger partial charge in [-0.1, -0.05) is 24.3 Å². The Bertz CT molecular complexity index is 510. The normalized spacial score (nSPS) is 19.2. The number of nitrogens with one attached hydrogen (secondary N) is 1. The van der Waals surface area contributed by atoms with Crippen LogP contribution in [0, 0.1) is 0 Å². The molecule has 0 aliphatic carbocycles. The third-order valence-electron chi connectivity index (χ3n) is 3.97. The van der Waals surface area contributed by atoms with Crippen molar-refractivity contribution in [2.45, 2.75) is 25.4 Å². The Morgan fingerprint density at radius 1 is 1.32 bits per heavy atom. The first-order chi connectivity index (χ1) is 9.24. The van der Waals surface area contributed by atoms with Crippen LogP contribution in [0.1, 0.15) is 23.4 Å². The second-order valence-corrected chi connectivity index (χ2v) is 6.31. The Kier molecular flexibility index (Phi) is 3.58. The second-order valence-electron chi connectivity index (χ2n) is 5.33. The molecule has 1 aromatic carbocycles. The van der Waals surface area contributed by atoms with E-state index in [0.717, 1.165) is 13.0 Å². The van der Waals surface area contributed by atoms with Gasteiger partial charge in [-0.3, -0.25) is 4.90 Å². The lowest BCUT2D eigenvalue weighted by atomic mass is 10.1. The van der Waals surface area contributed by atoms with E-state index >= 15 is 0 Å². The zero-order chi connectivity index (χ0) is 13.2. The molecule has 3 rings (SSSR count). The lowest BCUT2D eigenvalue weighted by molar-refractivity contribution is 0.255. The number of rotatable bonds is 4. The Morgan fingerprint density at radius 2 is 2.16 bits per heavy atom. The molecule has 0 saturated heterocycles. The summed E-state index contributed by atoms with van der Waals surface area (Å²) in [6.45, 7) is 3.36. The fourth-order valence-electron chi connectivity index (χ4n) is 2.74. The number of benzene rings is 1.